The highest BCUT2D eigenvalue weighted by Crippen LogP contribution is 2.48. The molecule has 10 aromatic carbocycles. The van der Waals surface area contributed by atoms with E-state index in [1.54, 1.807) is 36.0 Å². The number of methoxy groups -OCH3 is 3. The minimum Gasteiger partial charge on any atom is -0.496 e. The second kappa shape index (κ2) is 41.3. The summed E-state index contributed by atoms with van der Waals surface area (Å²) in [5.41, 5.74) is 17.4. The topological polar surface area (TPSA) is 172 Å². The zero-order chi connectivity index (χ0) is 100. The number of carbonyl (C=O) groups excluding carboxylic acids is 3. The van der Waals surface area contributed by atoms with Gasteiger partial charge in [-0.1, -0.05) is 252 Å². The van der Waals surface area contributed by atoms with Gasteiger partial charge in [0, 0.05) is 55.2 Å². The van der Waals surface area contributed by atoms with E-state index >= 15 is 14.4 Å². The monoisotopic (exact) mass is 1880 g/mol. The first-order valence-electron chi connectivity index (χ1n) is 49.2. The number of hydrogen-bond acceptors (Lipinski definition) is 15. The molecule has 18 heteroatoms. The highest BCUT2D eigenvalue weighted by molar-refractivity contribution is 5.71. The normalized spacial score (nSPS) is 15.0. The third kappa shape index (κ3) is 26.4. The lowest BCUT2D eigenvalue weighted by Crippen LogP contribution is -2.38. The average molecular weight is 1880 g/mol. The lowest BCUT2D eigenvalue weighted by Gasteiger charge is -2.30. The van der Waals surface area contributed by atoms with Crippen LogP contribution in [0.1, 0.15) is 320 Å². The van der Waals surface area contributed by atoms with Gasteiger partial charge < -0.3 is 71.5 Å². The van der Waals surface area contributed by atoms with Crippen LogP contribution in [0.25, 0.3) is 0 Å². The zero-order valence-corrected chi connectivity index (χ0v) is 88.3. The first-order valence-corrected chi connectivity index (χ1v) is 49.2. The molecular weight excluding hydrogens is 1720 g/mol. The molecule has 0 spiro atoms. The fraction of sp³-hybridized carbons (Fsp3) is 0.475. The van der Waals surface area contributed by atoms with E-state index in [-0.39, 0.29) is 95.2 Å². The summed E-state index contributed by atoms with van der Waals surface area (Å²) in [4.78, 5) is 51.3. The van der Waals surface area contributed by atoms with Crippen LogP contribution < -0.4 is 42.6 Å². The van der Waals surface area contributed by atoms with E-state index in [4.69, 9.17) is 56.8 Å². The first kappa shape index (κ1) is 104. The zero-order valence-electron chi connectivity index (χ0n) is 88.3. The molecule has 18 bridgehead atoms. The number of benzene rings is 10. The van der Waals surface area contributed by atoms with Crippen molar-refractivity contribution in [3.8, 4) is 51.7 Å². The molecule has 14 rings (SSSR count). The Labute approximate surface area is 823 Å². The molecule has 18 nitrogen and oxygen atoms in total. The second-order valence-electron chi connectivity index (χ2n) is 47.0. The van der Waals surface area contributed by atoms with Crippen molar-refractivity contribution in [3.63, 3.8) is 0 Å². The Morgan fingerprint density at radius 1 is 0.246 bits per heavy atom. The molecule has 0 saturated carbocycles. The molecule has 10 aromatic rings. The molecule has 3 aliphatic heterocycles. The van der Waals surface area contributed by atoms with Crippen LogP contribution in [0, 0.1) is 0 Å². The van der Waals surface area contributed by atoms with Gasteiger partial charge in [-0.25, -0.2) is 14.4 Å². The highest BCUT2D eigenvalue weighted by Gasteiger charge is 2.36. The van der Waals surface area contributed by atoms with Gasteiger partial charge in [0.25, 0.3) is 0 Å². The van der Waals surface area contributed by atoms with Crippen molar-refractivity contribution in [2.45, 2.75) is 314 Å². The fourth-order valence-corrected chi connectivity index (χ4v) is 18.2. The predicted molar refractivity (Wildman–Crippen MR) is 553 cm³/mol. The number of para-hydroxylation sites is 3. The van der Waals surface area contributed by atoms with Crippen LogP contribution in [0.4, 0.5) is 14.4 Å². The number of rotatable bonds is 3. The van der Waals surface area contributed by atoms with E-state index in [0.29, 0.717) is 90.3 Å². The van der Waals surface area contributed by atoms with Crippen molar-refractivity contribution >= 4 is 18.3 Å². The van der Waals surface area contributed by atoms with Gasteiger partial charge >= 0.3 is 18.3 Å². The van der Waals surface area contributed by atoms with Crippen LogP contribution in [0.2, 0.25) is 0 Å². The number of ether oxygens (including phenoxy) is 12. The number of fused-ring (bicyclic) bond motifs is 15. The number of amides is 3. The van der Waals surface area contributed by atoms with Crippen LogP contribution in [-0.2, 0) is 125 Å². The van der Waals surface area contributed by atoms with Crippen LogP contribution in [0.15, 0.2) is 164 Å². The van der Waals surface area contributed by atoms with E-state index in [9.17, 15) is 0 Å². The van der Waals surface area contributed by atoms with Gasteiger partial charge in [0.05, 0.1) is 60.6 Å². The molecule has 0 fully saturated rings. The molecule has 0 atom stereocenters. The summed E-state index contributed by atoms with van der Waals surface area (Å²) in [6.07, 6.45) is 0.546. The van der Waals surface area contributed by atoms with Crippen molar-refractivity contribution < 1.29 is 71.2 Å². The molecule has 4 aliphatic rings. The highest BCUT2D eigenvalue weighted by atomic mass is 16.6. The molecule has 1 aliphatic carbocycles. The number of carbonyl (C=O) groups is 3. The Hall–Kier alpha value is -11.8. The smallest absolute Gasteiger partial charge is 0.410 e. The molecule has 0 radical (unpaired) electrons. The van der Waals surface area contributed by atoms with Crippen molar-refractivity contribution in [3.05, 3.63) is 297 Å². The Balaban J connectivity index is 1.19. The molecule has 0 unspecified atom stereocenters. The minimum atomic E-state index is -0.871. The van der Waals surface area contributed by atoms with E-state index in [0.717, 1.165) is 134 Å². The van der Waals surface area contributed by atoms with Crippen molar-refractivity contribution in [1.29, 1.82) is 0 Å². The molecule has 0 N–H and O–H groups in total. The van der Waals surface area contributed by atoms with Gasteiger partial charge in [-0.05, 0) is 248 Å². The van der Waals surface area contributed by atoms with Crippen LogP contribution in [0.3, 0.4) is 0 Å². The molecule has 738 valence electrons. The summed E-state index contributed by atoms with van der Waals surface area (Å²) in [7, 11) is 5.34. The van der Waals surface area contributed by atoms with Crippen LogP contribution in [0.5, 0.6) is 51.7 Å². The number of nitrogens with zero attached hydrogens (tertiary/aromatic N) is 3. The van der Waals surface area contributed by atoms with Gasteiger partial charge in [-0.2, -0.15) is 0 Å². The van der Waals surface area contributed by atoms with Gasteiger partial charge in [-0.15, -0.1) is 0 Å². The SMILES string of the molecule is COc1c2cc(C(C)(C)C)cc1Cc1cc(C(C)(C)C)cc3c1OCCN(C(=O)OC(C)(C)C)Cc1ccccc1OCc1cc4cc(c1)COc1ccccc1CN(C(=O)OC(C)(C)C)CCOc1c(cc(C(C)(C)C)cc1Cc1cc(C(C)(C)C)cc(c1OC)C3)Cc1cc(C(C)(C)C)cc(c1OC)Cc1cc(C(C)(C)C)cc(c1OCCN(C(=O)OC(C)(C)C)Cc1ccccc1OC4)C2. The summed E-state index contributed by atoms with van der Waals surface area (Å²) < 4.78 is 84.7. The van der Waals surface area contributed by atoms with Crippen molar-refractivity contribution in [2.24, 2.45) is 0 Å². The summed E-state index contributed by atoms with van der Waals surface area (Å²) >= 11 is 0. The Morgan fingerprint density at radius 2 is 0.435 bits per heavy atom. The molecule has 0 aromatic heterocycles. The summed E-state index contributed by atoms with van der Waals surface area (Å²) in [5.74, 6) is 5.80. The van der Waals surface area contributed by atoms with Gasteiger partial charge in [-0.3, -0.25) is 0 Å². The van der Waals surface area contributed by atoms with Crippen LogP contribution in [-0.4, -0.2) is 111 Å². The molecule has 3 heterocycles. The average Bonchev–Trinajstić information content (AvgIpc) is 0.761. The van der Waals surface area contributed by atoms with E-state index in [1.165, 1.54) is 0 Å². The van der Waals surface area contributed by atoms with E-state index in [2.05, 4.69) is 216 Å². The lowest BCUT2D eigenvalue weighted by atomic mass is 9.79. The van der Waals surface area contributed by atoms with E-state index < -0.39 is 51.3 Å². The van der Waals surface area contributed by atoms with Gasteiger partial charge in [0.2, 0.25) is 0 Å². The molecule has 138 heavy (non-hydrogen) atoms. The molecule has 3 amide bonds. The predicted octanol–water partition coefficient (Wildman–Crippen LogP) is 27.2. The standard InChI is InChI=1S/C120H153N3O15/c1-112(2,3)94-58-82-52-88-64-97(115(10,11)12)66-90-54-84-60-95(113(4,5)6)62-86(104(84)128-29)56-92-68-99(117(16,17)18)69-93-57-87-63-96(114(7,8)9)61-85(105(87)129-30)55-91-67-98(116(13,14)15)65-89(53-83(59-94)103(82)127-28)107(91)131-47-44-122(110(125)137-119(22,23)24)71-80-38-32-35-41-101(80)134-74-77-49-76(73-133-100-40-34-31-37-79(100)70-121(43-46-130-106(88)90)109(124)136-118(19,20)21)50-78(51-77)75-135-102-42-36-33-39-81(102)72-123(45-48-132-108(92)93)111(126)138-120(25,26)27/h31-42,49-51,58-69H,43-48,52-57,70-75H2,1-30H3. The van der Waals surface area contributed by atoms with Gasteiger partial charge in [0.15, 0.2) is 0 Å². The second-order valence-corrected chi connectivity index (χ2v) is 47.0. The van der Waals surface area contributed by atoms with Crippen LogP contribution >= 0.6 is 0 Å². The molecular formula is C120H153N3O15. The maximum atomic E-state index is 15.4. The quantitative estimate of drug-likeness (QED) is 0.153. The maximum absolute atomic E-state index is 15.4. The third-order valence-electron chi connectivity index (χ3n) is 25.6. The summed E-state index contributed by atoms with van der Waals surface area (Å²) in [6, 6.07) is 57.5. The third-order valence-corrected chi connectivity index (χ3v) is 25.6. The Bertz CT molecular complexity index is 5330. The molecule has 0 saturated heterocycles. The lowest BCUT2D eigenvalue weighted by molar-refractivity contribution is 0.0198. The Kier molecular flexibility index (Phi) is 31.0. The largest absolute Gasteiger partial charge is 0.496 e. The Morgan fingerprint density at radius 3 is 0.616 bits per heavy atom. The van der Waals surface area contributed by atoms with Crippen molar-refractivity contribution in [1.82, 2.24) is 14.7 Å². The van der Waals surface area contributed by atoms with Crippen molar-refractivity contribution in [2.75, 3.05) is 60.8 Å². The van der Waals surface area contributed by atoms with Gasteiger partial charge in [0.1, 0.15) is 108 Å². The number of hydrogen-bond donors (Lipinski definition) is 0. The maximum Gasteiger partial charge on any atom is 0.410 e. The summed E-state index contributed by atoms with van der Waals surface area (Å²) in [5, 5.41) is 0. The fourth-order valence-electron chi connectivity index (χ4n) is 18.2. The minimum absolute atomic E-state index is 0.0448. The first-order chi connectivity index (χ1) is 64.5. The summed E-state index contributed by atoms with van der Waals surface area (Å²) in [6.45, 7) is 58.7. The van der Waals surface area contributed by atoms with E-state index in [1.807, 2.05) is 135 Å².